The van der Waals surface area contributed by atoms with Gasteiger partial charge in [-0.1, -0.05) is 59.6 Å². The molecule has 0 spiro atoms. The smallest absolute Gasteiger partial charge is 0.241 e. The molecule has 0 aromatic heterocycles. The van der Waals surface area contributed by atoms with Crippen molar-refractivity contribution in [2.75, 3.05) is 4.90 Å². The SMILES string of the molecule is C[C@@]12C(=O)N(c3ccc(F)c(Cl)c3)C(=O)[C@@H]1C[C@@H]1C(=CC[C@@H]3C(=O)N(Cc4ccccc4)C(=O)[C@@H]31)[C@@H]2c1ccc(O)c(F)c1. The van der Waals surface area contributed by atoms with Crippen LogP contribution in [0.2, 0.25) is 5.02 Å². The highest BCUT2D eigenvalue weighted by Gasteiger charge is 2.67. The van der Waals surface area contributed by atoms with Gasteiger partial charge in [0.25, 0.3) is 0 Å². The zero-order chi connectivity index (χ0) is 31.1. The maximum absolute atomic E-state index is 14.8. The summed E-state index contributed by atoms with van der Waals surface area (Å²) in [4.78, 5) is 58.4. The quantitative estimate of drug-likeness (QED) is 0.297. The molecule has 7 rings (SSSR count). The van der Waals surface area contributed by atoms with E-state index in [1.807, 2.05) is 36.4 Å². The second-order valence-electron chi connectivity index (χ2n) is 12.2. The zero-order valence-electron chi connectivity index (χ0n) is 23.5. The Kier molecular flexibility index (Phi) is 6.51. The van der Waals surface area contributed by atoms with E-state index in [-0.39, 0.29) is 41.9 Å². The van der Waals surface area contributed by atoms with Gasteiger partial charge in [0.1, 0.15) is 5.82 Å². The molecule has 7 nitrogen and oxygen atoms in total. The number of nitrogens with zero attached hydrogens (tertiary/aromatic N) is 2. The van der Waals surface area contributed by atoms with Gasteiger partial charge in [0.05, 0.1) is 40.4 Å². The van der Waals surface area contributed by atoms with Gasteiger partial charge >= 0.3 is 0 Å². The molecule has 3 aromatic rings. The van der Waals surface area contributed by atoms with Crippen LogP contribution in [-0.4, -0.2) is 33.6 Å². The molecule has 2 aliphatic carbocycles. The molecule has 3 fully saturated rings. The van der Waals surface area contributed by atoms with Crippen LogP contribution in [0.4, 0.5) is 14.5 Å². The number of allylic oxidation sites excluding steroid dienone is 2. The Morgan fingerprint density at radius 3 is 2.36 bits per heavy atom. The summed E-state index contributed by atoms with van der Waals surface area (Å²) in [7, 11) is 0. The Hall–Kier alpha value is -4.37. The number of phenols is 1. The topological polar surface area (TPSA) is 95.0 Å². The number of carbonyl (C=O) groups excluding carboxylic acids is 4. The van der Waals surface area contributed by atoms with Crippen molar-refractivity contribution >= 4 is 40.9 Å². The predicted octanol–water partition coefficient (Wildman–Crippen LogP) is 5.75. The third-order valence-corrected chi connectivity index (χ3v) is 10.3. The monoisotopic (exact) mass is 616 g/mol. The fraction of sp³-hybridized carbons (Fsp3) is 0.294. The molecule has 2 saturated heterocycles. The van der Waals surface area contributed by atoms with E-state index >= 15 is 0 Å². The van der Waals surface area contributed by atoms with Gasteiger partial charge in [0.2, 0.25) is 23.6 Å². The van der Waals surface area contributed by atoms with Crippen LogP contribution >= 0.6 is 11.6 Å². The number of hydrogen-bond donors (Lipinski definition) is 1. The molecular formula is C34H27ClF2N2O5. The van der Waals surface area contributed by atoms with Gasteiger partial charge < -0.3 is 5.11 Å². The number of hydrogen-bond acceptors (Lipinski definition) is 5. The molecular weight excluding hydrogens is 590 g/mol. The molecule has 4 amide bonds. The van der Waals surface area contributed by atoms with Crippen molar-refractivity contribution < 1.29 is 33.1 Å². The lowest BCUT2D eigenvalue weighted by Gasteiger charge is -2.49. The van der Waals surface area contributed by atoms with Crippen molar-refractivity contribution in [2.24, 2.45) is 29.1 Å². The van der Waals surface area contributed by atoms with Crippen LogP contribution in [0.3, 0.4) is 0 Å². The summed E-state index contributed by atoms with van der Waals surface area (Å²) < 4.78 is 28.8. The number of fused-ring (bicyclic) bond motifs is 4. The molecule has 3 aromatic carbocycles. The normalized spacial score (nSPS) is 29.5. The van der Waals surface area contributed by atoms with E-state index in [1.165, 1.54) is 29.2 Å². The minimum Gasteiger partial charge on any atom is -0.505 e. The maximum Gasteiger partial charge on any atom is 0.241 e. The van der Waals surface area contributed by atoms with Crippen LogP contribution in [0.5, 0.6) is 5.75 Å². The highest BCUT2D eigenvalue weighted by Crippen LogP contribution is 2.63. The first-order valence-electron chi connectivity index (χ1n) is 14.4. The summed E-state index contributed by atoms with van der Waals surface area (Å²) in [6, 6.07) is 16.6. The summed E-state index contributed by atoms with van der Waals surface area (Å²) in [6.07, 6.45) is 2.24. The molecule has 6 atom stereocenters. The van der Waals surface area contributed by atoms with Crippen LogP contribution in [0, 0.1) is 40.7 Å². The Bertz CT molecular complexity index is 1800. The van der Waals surface area contributed by atoms with Gasteiger partial charge in [-0.3, -0.25) is 24.1 Å². The van der Waals surface area contributed by atoms with Crippen LogP contribution < -0.4 is 4.90 Å². The maximum atomic E-state index is 14.8. The molecule has 4 aliphatic rings. The summed E-state index contributed by atoms with van der Waals surface area (Å²) >= 11 is 6.02. The van der Waals surface area contributed by atoms with E-state index in [1.54, 1.807) is 6.92 Å². The van der Waals surface area contributed by atoms with Gasteiger partial charge in [-0.05, 0) is 67.1 Å². The fourth-order valence-electron chi connectivity index (χ4n) is 7.96. The van der Waals surface area contributed by atoms with Crippen molar-refractivity contribution in [3.05, 3.63) is 106 Å². The van der Waals surface area contributed by atoms with Crippen molar-refractivity contribution in [3.63, 3.8) is 0 Å². The first kappa shape index (κ1) is 28.4. The summed E-state index contributed by atoms with van der Waals surface area (Å²) in [5, 5.41) is 9.69. The minimum absolute atomic E-state index is 0.105. The lowest BCUT2D eigenvalue weighted by atomic mass is 9.51. The lowest BCUT2D eigenvalue weighted by molar-refractivity contribution is -0.141. The molecule has 10 heteroatoms. The number of likely N-dealkylation sites (tertiary alicyclic amines) is 1. The van der Waals surface area contributed by atoms with Gasteiger partial charge in [0.15, 0.2) is 11.6 Å². The first-order valence-corrected chi connectivity index (χ1v) is 14.8. The highest BCUT2D eigenvalue weighted by atomic mass is 35.5. The average Bonchev–Trinajstić information content (AvgIpc) is 3.36. The third-order valence-electron chi connectivity index (χ3n) is 10.0. The minimum atomic E-state index is -1.41. The van der Waals surface area contributed by atoms with Gasteiger partial charge in [0, 0.05) is 5.92 Å². The van der Waals surface area contributed by atoms with Crippen molar-refractivity contribution in [1.82, 2.24) is 4.90 Å². The van der Waals surface area contributed by atoms with Crippen LogP contribution in [0.25, 0.3) is 0 Å². The number of benzene rings is 3. The number of rotatable bonds is 4. The number of carbonyl (C=O) groups is 4. The number of phenolic OH excluding ortho intramolecular Hbond substituents is 1. The van der Waals surface area contributed by atoms with E-state index in [9.17, 15) is 33.1 Å². The molecule has 224 valence electrons. The molecule has 0 bridgehead atoms. The van der Waals surface area contributed by atoms with Crippen molar-refractivity contribution in [1.29, 1.82) is 0 Å². The molecule has 0 unspecified atom stereocenters. The van der Waals surface area contributed by atoms with Gasteiger partial charge in [-0.15, -0.1) is 0 Å². The Balaban J connectivity index is 1.34. The first-order chi connectivity index (χ1) is 21.0. The van der Waals surface area contributed by atoms with E-state index < -0.39 is 64.2 Å². The second kappa shape index (κ2) is 10.1. The number of halogens is 3. The summed E-state index contributed by atoms with van der Waals surface area (Å²) in [5.41, 5.74) is 0.554. The Morgan fingerprint density at radius 2 is 1.66 bits per heavy atom. The Morgan fingerprint density at radius 1 is 0.909 bits per heavy atom. The van der Waals surface area contributed by atoms with Crippen LogP contribution in [0.1, 0.15) is 36.8 Å². The second-order valence-corrected chi connectivity index (χ2v) is 12.6. The fourth-order valence-corrected chi connectivity index (χ4v) is 8.13. The van der Waals surface area contributed by atoms with Crippen LogP contribution in [0.15, 0.2) is 78.4 Å². The Labute approximate surface area is 256 Å². The van der Waals surface area contributed by atoms with E-state index in [2.05, 4.69) is 0 Å². The number of imide groups is 2. The molecule has 44 heavy (non-hydrogen) atoms. The number of amides is 4. The van der Waals surface area contributed by atoms with E-state index in [0.717, 1.165) is 22.6 Å². The summed E-state index contributed by atoms with van der Waals surface area (Å²) in [5.74, 6) is -7.60. The van der Waals surface area contributed by atoms with Crippen molar-refractivity contribution in [2.45, 2.75) is 32.2 Å². The standard InChI is InChI=1S/C34H27ClF2N2O5/c1-34-23(31(42)39(33(34)44)19-8-11-25(36)24(35)14-19)15-22-20(29(34)18-7-12-27(40)26(37)13-18)9-10-21-28(22)32(43)38(30(21)41)16-17-5-3-2-4-6-17/h2-9,11-14,21-23,28-29,40H,10,15-16H2,1H3/t21-,22+,23-,28-,29-,34+/m0/s1. The molecule has 2 aliphatic heterocycles. The highest BCUT2D eigenvalue weighted by molar-refractivity contribution is 6.31. The number of anilines is 1. The third kappa shape index (κ3) is 3.98. The molecule has 2 heterocycles. The van der Waals surface area contributed by atoms with E-state index in [0.29, 0.717) is 11.1 Å². The van der Waals surface area contributed by atoms with Gasteiger partial charge in [-0.25, -0.2) is 13.7 Å². The van der Waals surface area contributed by atoms with Crippen molar-refractivity contribution in [3.8, 4) is 5.75 Å². The lowest BCUT2D eigenvalue weighted by Crippen LogP contribution is -2.48. The van der Waals surface area contributed by atoms with E-state index in [4.69, 9.17) is 11.6 Å². The largest absolute Gasteiger partial charge is 0.505 e. The average molecular weight is 617 g/mol. The predicted molar refractivity (Wildman–Crippen MR) is 156 cm³/mol. The molecule has 1 N–H and O–H groups in total. The van der Waals surface area contributed by atoms with Gasteiger partial charge in [-0.2, -0.15) is 0 Å². The summed E-state index contributed by atoms with van der Waals surface area (Å²) in [6.45, 7) is 1.78. The number of aromatic hydroxyl groups is 1. The molecule has 1 saturated carbocycles. The van der Waals surface area contributed by atoms with Crippen LogP contribution in [-0.2, 0) is 25.7 Å². The molecule has 0 radical (unpaired) electrons. The zero-order valence-corrected chi connectivity index (χ0v) is 24.3.